The average Bonchev–Trinajstić information content (AvgIpc) is 2.44. The summed E-state index contributed by atoms with van der Waals surface area (Å²) in [6.45, 7) is 6.75. The first kappa shape index (κ1) is 15.8. The van der Waals surface area contributed by atoms with Gasteiger partial charge in [0, 0.05) is 23.6 Å². The summed E-state index contributed by atoms with van der Waals surface area (Å²) in [6, 6.07) is 12.1. The van der Waals surface area contributed by atoms with Crippen molar-refractivity contribution in [3.8, 4) is 0 Å². The molecule has 110 valence electrons. The maximum absolute atomic E-state index is 12.6. The van der Waals surface area contributed by atoms with Crippen molar-refractivity contribution in [2.75, 3.05) is 7.05 Å². The van der Waals surface area contributed by atoms with E-state index in [1.54, 1.807) is 4.90 Å². The van der Waals surface area contributed by atoms with E-state index in [0.29, 0.717) is 6.54 Å². The minimum absolute atomic E-state index is 0.0498. The average molecular weight is 346 g/mol. The van der Waals surface area contributed by atoms with E-state index in [9.17, 15) is 4.79 Å². The lowest BCUT2D eigenvalue weighted by atomic mass is 10.0. The van der Waals surface area contributed by atoms with Gasteiger partial charge in [-0.05, 0) is 49.6 Å². The second kappa shape index (κ2) is 6.44. The molecule has 0 aliphatic rings. The molecular formula is C18H20BrNO. The molecule has 2 rings (SSSR count). The summed E-state index contributed by atoms with van der Waals surface area (Å²) in [7, 11) is 1.85. The fourth-order valence-electron chi connectivity index (χ4n) is 2.40. The molecule has 0 N–H and O–H groups in total. The second-order valence-corrected chi connectivity index (χ2v) is 6.36. The van der Waals surface area contributed by atoms with Gasteiger partial charge in [0.05, 0.1) is 0 Å². The standard InChI is InChI=1S/C18H20BrNO/c1-12-8-9-15(13(2)10-12)11-20(4)18(21)16-6-5-7-17(19)14(16)3/h5-10H,11H2,1-4H3. The summed E-state index contributed by atoms with van der Waals surface area (Å²) in [6.07, 6.45) is 0. The van der Waals surface area contributed by atoms with Crippen molar-refractivity contribution in [1.82, 2.24) is 4.90 Å². The Labute approximate surface area is 134 Å². The Hall–Kier alpha value is -1.61. The lowest BCUT2D eigenvalue weighted by Crippen LogP contribution is -2.27. The van der Waals surface area contributed by atoms with Crippen LogP contribution >= 0.6 is 15.9 Å². The Balaban J connectivity index is 2.21. The topological polar surface area (TPSA) is 20.3 Å². The zero-order chi connectivity index (χ0) is 15.6. The Morgan fingerprint density at radius 2 is 1.86 bits per heavy atom. The van der Waals surface area contributed by atoms with Gasteiger partial charge in [0.15, 0.2) is 0 Å². The molecule has 0 saturated carbocycles. The second-order valence-electron chi connectivity index (χ2n) is 5.50. The van der Waals surface area contributed by atoms with E-state index in [4.69, 9.17) is 0 Å². The Morgan fingerprint density at radius 3 is 2.52 bits per heavy atom. The number of benzene rings is 2. The monoisotopic (exact) mass is 345 g/mol. The van der Waals surface area contributed by atoms with Crippen LogP contribution in [0.4, 0.5) is 0 Å². The molecule has 2 aromatic rings. The lowest BCUT2D eigenvalue weighted by molar-refractivity contribution is 0.0784. The molecule has 0 radical (unpaired) electrons. The molecule has 0 spiro atoms. The van der Waals surface area contributed by atoms with Crippen molar-refractivity contribution in [2.45, 2.75) is 27.3 Å². The van der Waals surface area contributed by atoms with E-state index < -0.39 is 0 Å². The Morgan fingerprint density at radius 1 is 1.14 bits per heavy atom. The molecule has 1 amide bonds. The first-order chi connectivity index (χ1) is 9.90. The Bertz CT molecular complexity index is 679. The molecule has 0 atom stereocenters. The number of amides is 1. The number of hydrogen-bond acceptors (Lipinski definition) is 1. The molecule has 21 heavy (non-hydrogen) atoms. The van der Waals surface area contributed by atoms with Gasteiger partial charge in [-0.25, -0.2) is 0 Å². The van der Waals surface area contributed by atoms with Gasteiger partial charge in [-0.3, -0.25) is 4.79 Å². The highest BCUT2D eigenvalue weighted by Crippen LogP contribution is 2.21. The lowest BCUT2D eigenvalue weighted by Gasteiger charge is -2.20. The van der Waals surface area contributed by atoms with Crippen LogP contribution in [-0.2, 0) is 6.54 Å². The van der Waals surface area contributed by atoms with E-state index in [1.807, 2.05) is 32.2 Å². The van der Waals surface area contributed by atoms with E-state index >= 15 is 0 Å². The summed E-state index contributed by atoms with van der Waals surface area (Å²) in [5, 5.41) is 0. The molecular weight excluding hydrogens is 326 g/mol. The normalized spacial score (nSPS) is 10.5. The van der Waals surface area contributed by atoms with E-state index in [2.05, 4.69) is 48.0 Å². The number of halogens is 1. The van der Waals surface area contributed by atoms with Crippen LogP contribution in [0.15, 0.2) is 40.9 Å². The third kappa shape index (κ3) is 3.53. The van der Waals surface area contributed by atoms with Gasteiger partial charge >= 0.3 is 0 Å². The van der Waals surface area contributed by atoms with Crippen LogP contribution in [0.3, 0.4) is 0 Å². The predicted octanol–water partition coefficient (Wildman–Crippen LogP) is 4.65. The highest BCUT2D eigenvalue weighted by molar-refractivity contribution is 9.10. The molecule has 0 fully saturated rings. The first-order valence-electron chi connectivity index (χ1n) is 6.97. The molecule has 2 aromatic carbocycles. The van der Waals surface area contributed by atoms with Crippen molar-refractivity contribution in [3.05, 3.63) is 68.7 Å². The highest BCUT2D eigenvalue weighted by atomic mass is 79.9. The van der Waals surface area contributed by atoms with Gasteiger partial charge < -0.3 is 4.90 Å². The number of hydrogen-bond donors (Lipinski definition) is 0. The summed E-state index contributed by atoms with van der Waals surface area (Å²) < 4.78 is 0.966. The largest absolute Gasteiger partial charge is 0.337 e. The van der Waals surface area contributed by atoms with Crippen molar-refractivity contribution in [3.63, 3.8) is 0 Å². The number of carbonyl (C=O) groups excluding carboxylic acids is 1. The zero-order valence-corrected chi connectivity index (χ0v) is 14.5. The predicted molar refractivity (Wildman–Crippen MR) is 90.6 cm³/mol. The minimum Gasteiger partial charge on any atom is -0.337 e. The van der Waals surface area contributed by atoms with E-state index in [1.165, 1.54) is 16.7 Å². The smallest absolute Gasteiger partial charge is 0.254 e. The number of nitrogens with zero attached hydrogens (tertiary/aromatic N) is 1. The SMILES string of the molecule is Cc1ccc(CN(C)C(=O)c2cccc(Br)c2C)c(C)c1. The van der Waals surface area contributed by atoms with Crippen LogP contribution < -0.4 is 0 Å². The molecule has 0 aromatic heterocycles. The summed E-state index contributed by atoms with van der Waals surface area (Å²) >= 11 is 3.48. The highest BCUT2D eigenvalue weighted by Gasteiger charge is 2.16. The third-order valence-electron chi connectivity index (χ3n) is 3.75. The number of carbonyl (C=O) groups is 1. The fraction of sp³-hybridized carbons (Fsp3) is 0.278. The van der Waals surface area contributed by atoms with Gasteiger partial charge in [-0.15, -0.1) is 0 Å². The number of aryl methyl sites for hydroxylation is 2. The molecule has 0 aliphatic carbocycles. The molecule has 0 aliphatic heterocycles. The van der Waals surface area contributed by atoms with Gasteiger partial charge in [0.25, 0.3) is 5.91 Å². The molecule has 0 bridgehead atoms. The molecule has 3 heteroatoms. The van der Waals surface area contributed by atoms with Crippen LogP contribution in [0, 0.1) is 20.8 Å². The van der Waals surface area contributed by atoms with Crippen LogP contribution in [-0.4, -0.2) is 17.9 Å². The van der Waals surface area contributed by atoms with Crippen LogP contribution in [0.25, 0.3) is 0 Å². The van der Waals surface area contributed by atoms with Crippen molar-refractivity contribution >= 4 is 21.8 Å². The summed E-state index contributed by atoms with van der Waals surface area (Å²) in [4.78, 5) is 14.4. The third-order valence-corrected chi connectivity index (χ3v) is 4.61. The van der Waals surface area contributed by atoms with Crippen LogP contribution in [0.2, 0.25) is 0 Å². The minimum atomic E-state index is 0.0498. The van der Waals surface area contributed by atoms with Crippen LogP contribution in [0.5, 0.6) is 0 Å². The molecule has 0 saturated heterocycles. The zero-order valence-electron chi connectivity index (χ0n) is 12.9. The van der Waals surface area contributed by atoms with Gasteiger partial charge in [-0.1, -0.05) is 45.8 Å². The summed E-state index contributed by atoms with van der Waals surface area (Å²) in [5.74, 6) is 0.0498. The fourth-order valence-corrected chi connectivity index (χ4v) is 2.76. The molecule has 0 unspecified atom stereocenters. The van der Waals surface area contributed by atoms with Gasteiger partial charge in [0.2, 0.25) is 0 Å². The van der Waals surface area contributed by atoms with Crippen molar-refractivity contribution < 1.29 is 4.79 Å². The number of rotatable bonds is 3. The molecule has 2 nitrogen and oxygen atoms in total. The molecule has 0 heterocycles. The quantitative estimate of drug-likeness (QED) is 0.792. The Kier molecular flexibility index (Phi) is 4.84. The van der Waals surface area contributed by atoms with E-state index in [-0.39, 0.29) is 5.91 Å². The van der Waals surface area contributed by atoms with Crippen LogP contribution in [0.1, 0.15) is 32.6 Å². The van der Waals surface area contributed by atoms with Gasteiger partial charge in [-0.2, -0.15) is 0 Å². The van der Waals surface area contributed by atoms with Gasteiger partial charge in [0.1, 0.15) is 0 Å². The van der Waals surface area contributed by atoms with Crippen molar-refractivity contribution in [1.29, 1.82) is 0 Å². The van der Waals surface area contributed by atoms with E-state index in [0.717, 1.165) is 15.6 Å². The maximum atomic E-state index is 12.6. The summed E-state index contributed by atoms with van der Waals surface area (Å²) in [5.41, 5.74) is 5.38. The first-order valence-corrected chi connectivity index (χ1v) is 7.76. The maximum Gasteiger partial charge on any atom is 0.254 e. The van der Waals surface area contributed by atoms with Crippen molar-refractivity contribution in [2.24, 2.45) is 0 Å².